The number of carbonyl (C=O) groups excluding carboxylic acids is 1. The van der Waals surface area contributed by atoms with Crippen LogP contribution in [0.2, 0.25) is 5.02 Å². The Labute approximate surface area is 222 Å². The van der Waals surface area contributed by atoms with E-state index in [1.165, 1.54) is 36.0 Å². The van der Waals surface area contributed by atoms with Gasteiger partial charge >= 0.3 is 0 Å². The third-order valence-corrected chi connectivity index (χ3v) is 6.45. The van der Waals surface area contributed by atoms with Crippen molar-refractivity contribution < 1.29 is 9.18 Å². The van der Waals surface area contributed by atoms with Crippen LogP contribution in [-0.4, -0.2) is 21.8 Å². The first-order valence-corrected chi connectivity index (χ1v) is 12.6. The number of aryl methyl sites for hydroxylation is 2. The van der Waals surface area contributed by atoms with Crippen LogP contribution in [-0.2, 0) is 5.75 Å². The van der Waals surface area contributed by atoms with E-state index < -0.39 is 11.7 Å². The number of guanidine groups is 1. The van der Waals surface area contributed by atoms with Crippen molar-refractivity contribution in [2.45, 2.75) is 24.5 Å². The molecule has 0 unspecified atom stereocenters. The van der Waals surface area contributed by atoms with Crippen LogP contribution < -0.4 is 16.2 Å². The van der Waals surface area contributed by atoms with Crippen molar-refractivity contribution >= 4 is 46.9 Å². The van der Waals surface area contributed by atoms with Gasteiger partial charge < -0.3 is 5.32 Å². The second-order valence-electron chi connectivity index (χ2n) is 8.17. The molecular formula is C27H23ClFN5O2S. The first kappa shape index (κ1) is 26.1. The van der Waals surface area contributed by atoms with Gasteiger partial charge in [-0.2, -0.15) is 4.99 Å². The number of hydrogen-bond acceptors (Lipinski definition) is 5. The van der Waals surface area contributed by atoms with E-state index in [9.17, 15) is 14.0 Å². The van der Waals surface area contributed by atoms with Crippen LogP contribution >= 0.6 is 23.4 Å². The third kappa shape index (κ3) is 7.52. The summed E-state index contributed by atoms with van der Waals surface area (Å²) in [6.07, 6.45) is 0. The number of carbonyl (C=O) groups is 1. The van der Waals surface area contributed by atoms with E-state index in [1.54, 1.807) is 12.1 Å². The molecule has 0 saturated carbocycles. The molecule has 0 saturated heterocycles. The lowest BCUT2D eigenvalue weighted by molar-refractivity contribution is 0.0976. The maximum absolute atomic E-state index is 13.7. The van der Waals surface area contributed by atoms with Crippen LogP contribution in [0, 0.1) is 19.7 Å². The van der Waals surface area contributed by atoms with E-state index in [2.05, 4.69) is 25.6 Å². The largest absolute Gasteiger partial charge is 0.325 e. The third-order valence-electron chi connectivity index (χ3n) is 5.15. The van der Waals surface area contributed by atoms with Gasteiger partial charge in [0.05, 0.1) is 5.69 Å². The predicted molar refractivity (Wildman–Crippen MR) is 146 cm³/mol. The van der Waals surface area contributed by atoms with E-state index >= 15 is 0 Å². The number of halogens is 2. The van der Waals surface area contributed by atoms with Crippen LogP contribution in [0.25, 0.3) is 0 Å². The molecule has 0 aliphatic rings. The van der Waals surface area contributed by atoms with Crippen molar-refractivity contribution in [3.05, 3.63) is 116 Å². The Morgan fingerprint density at radius 2 is 1.86 bits per heavy atom. The lowest BCUT2D eigenvalue weighted by Gasteiger charge is -2.14. The molecule has 3 N–H and O–H groups in total. The van der Waals surface area contributed by atoms with E-state index in [-0.39, 0.29) is 23.0 Å². The van der Waals surface area contributed by atoms with Crippen molar-refractivity contribution in [1.29, 1.82) is 0 Å². The topological polar surface area (TPSA) is 99.2 Å². The zero-order valence-electron chi connectivity index (χ0n) is 20.0. The molecule has 0 aliphatic heterocycles. The first-order valence-electron chi connectivity index (χ1n) is 11.2. The van der Waals surface area contributed by atoms with Gasteiger partial charge in [0.1, 0.15) is 5.82 Å². The molecule has 0 fully saturated rings. The lowest BCUT2D eigenvalue weighted by Crippen LogP contribution is -2.36. The molecule has 1 amide bonds. The molecule has 0 spiro atoms. The highest BCUT2D eigenvalue weighted by Crippen LogP contribution is 2.23. The minimum atomic E-state index is -0.577. The van der Waals surface area contributed by atoms with E-state index in [1.807, 2.05) is 44.2 Å². The van der Waals surface area contributed by atoms with Crippen molar-refractivity contribution in [2.24, 2.45) is 4.99 Å². The number of nitrogens with zero attached hydrogens (tertiary/aromatic N) is 2. The summed E-state index contributed by atoms with van der Waals surface area (Å²) in [5.74, 6) is -0.667. The molecule has 1 heterocycles. The Morgan fingerprint density at radius 1 is 1.08 bits per heavy atom. The molecule has 0 atom stereocenters. The molecular weight excluding hydrogens is 513 g/mol. The SMILES string of the molecule is Cc1ccc(N/C(=N/c2nc(CSc3ccc(Cl)cc3)cc(=O)[nH]2)NC(=O)c2cccc(F)c2)c(C)c1. The van der Waals surface area contributed by atoms with Crippen LogP contribution in [0.5, 0.6) is 0 Å². The number of nitrogens with one attached hydrogen (secondary N) is 3. The summed E-state index contributed by atoms with van der Waals surface area (Å²) in [6.45, 7) is 3.88. The van der Waals surface area contributed by atoms with Gasteiger partial charge in [-0.25, -0.2) is 9.37 Å². The maximum Gasteiger partial charge on any atom is 0.258 e. The number of aliphatic imine (C=N–C) groups is 1. The van der Waals surface area contributed by atoms with Gasteiger partial charge in [0, 0.05) is 33.0 Å². The van der Waals surface area contributed by atoms with Crippen LogP contribution in [0.4, 0.5) is 16.0 Å². The molecule has 0 radical (unpaired) electrons. The standard InChI is InChI=1S/C27H23ClFN5O2S/c1-16-6-11-23(17(2)12-16)31-27(33-25(36)18-4-3-5-20(29)13-18)34-26-30-21(14-24(35)32-26)15-37-22-9-7-19(28)8-10-22/h3-14H,15H2,1-2H3,(H3,30,31,32,33,34,35,36). The summed E-state index contributed by atoms with van der Waals surface area (Å²) in [5.41, 5.74) is 2.92. The quantitative estimate of drug-likeness (QED) is 0.160. The fraction of sp³-hybridized carbons (Fsp3) is 0.111. The Bertz CT molecular complexity index is 1520. The highest BCUT2D eigenvalue weighted by molar-refractivity contribution is 7.98. The van der Waals surface area contributed by atoms with E-state index in [0.717, 1.165) is 22.1 Å². The Kier molecular flexibility index (Phi) is 8.37. The van der Waals surface area contributed by atoms with Gasteiger partial charge in [-0.3, -0.25) is 19.9 Å². The van der Waals surface area contributed by atoms with Crippen LogP contribution in [0.15, 0.2) is 87.5 Å². The normalized spacial score (nSPS) is 11.3. The Morgan fingerprint density at radius 3 is 2.59 bits per heavy atom. The second kappa shape index (κ2) is 11.9. The minimum Gasteiger partial charge on any atom is -0.325 e. The number of aromatic amines is 1. The molecule has 4 aromatic rings. The van der Waals surface area contributed by atoms with Crippen LogP contribution in [0.3, 0.4) is 0 Å². The highest BCUT2D eigenvalue weighted by Gasteiger charge is 2.13. The molecule has 7 nitrogen and oxygen atoms in total. The van der Waals surface area contributed by atoms with Gasteiger partial charge in [0.15, 0.2) is 0 Å². The summed E-state index contributed by atoms with van der Waals surface area (Å²) >= 11 is 7.43. The molecule has 1 aromatic heterocycles. The van der Waals surface area contributed by atoms with E-state index in [0.29, 0.717) is 22.2 Å². The second-order valence-corrected chi connectivity index (χ2v) is 9.66. The number of hydrogen-bond donors (Lipinski definition) is 3. The average molecular weight is 536 g/mol. The summed E-state index contributed by atoms with van der Waals surface area (Å²) in [4.78, 5) is 37.5. The molecule has 3 aromatic carbocycles. The number of rotatable bonds is 6. The summed E-state index contributed by atoms with van der Waals surface area (Å²) in [7, 11) is 0. The number of amides is 1. The predicted octanol–water partition coefficient (Wildman–Crippen LogP) is 6.00. The van der Waals surface area contributed by atoms with Gasteiger partial charge in [0.25, 0.3) is 11.5 Å². The number of benzene rings is 3. The van der Waals surface area contributed by atoms with Crippen molar-refractivity contribution in [3.63, 3.8) is 0 Å². The monoisotopic (exact) mass is 535 g/mol. The zero-order valence-corrected chi connectivity index (χ0v) is 21.6. The van der Waals surface area contributed by atoms with Crippen molar-refractivity contribution in [3.8, 4) is 0 Å². The van der Waals surface area contributed by atoms with Crippen molar-refractivity contribution in [1.82, 2.24) is 15.3 Å². The number of thioether (sulfide) groups is 1. The van der Waals surface area contributed by atoms with E-state index in [4.69, 9.17) is 11.6 Å². The molecule has 188 valence electrons. The summed E-state index contributed by atoms with van der Waals surface area (Å²) in [5, 5.41) is 6.38. The first-order chi connectivity index (χ1) is 17.7. The maximum atomic E-state index is 13.7. The molecule has 0 bridgehead atoms. The number of H-pyrrole nitrogens is 1. The van der Waals surface area contributed by atoms with Crippen molar-refractivity contribution in [2.75, 3.05) is 5.32 Å². The average Bonchev–Trinajstić information content (AvgIpc) is 2.85. The molecule has 4 rings (SSSR count). The minimum absolute atomic E-state index is 0.00557. The van der Waals surface area contributed by atoms with Gasteiger partial charge in [0.2, 0.25) is 11.9 Å². The van der Waals surface area contributed by atoms with Crippen LogP contribution in [0.1, 0.15) is 27.2 Å². The zero-order chi connectivity index (χ0) is 26.4. The van der Waals surface area contributed by atoms with Gasteiger partial charge in [-0.15, -0.1) is 11.8 Å². The molecule has 0 aliphatic carbocycles. The molecule has 10 heteroatoms. The smallest absolute Gasteiger partial charge is 0.258 e. The Balaban J connectivity index is 1.63. The Hall–Kier alpha value is -3.95. The lowest BCUT2D eigenvalue weighted by atomic mass is 10.1. The summed E-state index contributed by atoms with van der Waals surface area (Å²) < 4.78 is 13.7. The number of aromatic nitrogens is 2. The summed E-state index contributed by atoms with van der Waals surface area (Å²) in [6, 6.07) is 19.8. The van der Waals surface area contributed by atoms with Gasteiger partial charge in [-0.1, -0.05) is 35.4 Å². The highest BCUT2D eigenvalue weighted by atomic mass is 35.5. The fourth-order valence-corrected chi connectivity index (χ4v) is 4.31. The molecule has 37 heavy (non-hydrogen) atoms. The fourth-order valence-electron chi connectivity index (χ4n) is 3.39. The van der Waals surface area contributed by atoms with Gasteiger partial charge in [-0.05, 0) is 67.9 Å². The number of anilines is 1.